The van der Waals surface area contributed by atoms with E-state index in [1.54, 1.807) is 12.1 Å². The van der Waals surface area contributed by atoms with Crippen LogP contribution in [0, 0.1) is 11.7 Å². The van der Waals surface area contributed by atoms with Crippen LogP contribution in [-0.4, -0.2) is 34.6 Å². The summed E-state index contributed by atoms with van der Waals surface area (Å²) in [5, 5.41) is 4.01. The van der Waals surface area contributed by atoms with E-state index in [0.717, 1.165) is 29.3 Å². The van der Waals surface area contributed by atoms with Gasteiger partial charge in [-0.05, 0) is 55.4 Å². The Kier molecular flexibility index (Phi) is 8.07. The summed E-state index contributed by atoms with van der Waals surface area (Å²) >= 11 is 0. The summed E-state index contributed by atoms with van der Waals surface area (Å²) in [5.41, 5.74) is 9.17. The third kappa shape index (κ3) is 5.84. The van der Waals surface area contributed by atoms with Crippen LogP contribution in [0.2, 0.25) is 0 Å². The molecule has 2 fully saturated rings. The molecule has 5 rings (SSSR count). The van der Waals surface area contributed by atoms with Crippen LogP contribution in [0.1, 0.15) is 62.8 Å². The van der Waals surface area contributed by atoms with Gasteiger partial charge < -0.3 is 10.3 Å². The molecule has 7 heteroatoms. The maximum absolute atomic E-state index is 13.1. The molecule has 6 nitrogen and oxygen atoms in total. The zero-order valence-corrected chi connectivity index (χ0v) is 18.9. The molecule has 0 radical (unpaired) electrons. The number of aromatic amines is 1. The molecule has 2 unspecified atom stereocenters. The SMILES string of the molecule is CNc1ncnc2[nH]ccc12.Fc1ccc(C2CCCC2NNCC2CCCCC2)cc1. The standard InChI is InChI=1S/C18H27FN2.C7H8N4/c19-16-11-9-15(10-12-16)17-7-4-8-18(17)21-20-13-14-5-2-1-3-6-14;1-8-6-5-2-3-9-7(5)11-4-10-6/h9-12,14,17-18,20-21H,1-8,13H2;2-4H,1H3,(H2,8,9,10,11). The van der Waals surface area contributed by atoms with Gasteiger partial charge in [0.05, 0.1) is 5.39 Å². The fraction of sp³-hybridized carbons (Fsp3) is 0.520. The fourth-order valence-corrected chi connectivity index (χ4v) is 5.04. The van der Waals surface area contributed by atoms with Crippen molar-refractivity contribution in [3.8, 4) is 0 Å². The second kappa shape index (κ2) is 11.4. The first-order valence-electron chi connectivity index (χ1n) is 11.9. The van der Waals surface area contributed by atoms with Gasteiger partial charge in [-0.1, -0.05) is 37.8 Å². The number of nitrogens with zero attached hydrogens (tertiary/aromatic N) is 2. The van der Waals surface area contributed by atoms with Gasteiger partial charge in [0, 0.05) is 31.7 Å². The van der Waals surface area contributed by atoms with E-state index in [1.807, 2.05) is 31.4 Å². The molecule has 2 aromatic heterocycles. The molecule has 2 aliphatic carbocycles. The molecule has 2 saturated carbocycles. The number of halogens is 1. The second-order valence-corrected chi connectivity index (χ2v) is 8.94. The van der Waals surface area contributed by atoms with Crippen LogP contribution in [0.3, 0.4) is 0 Å². The average molecular weight is 439 g/mol. The van der Waals surface area contributed by atoms with Gasteiger partial charge in [0.15, 0.2) is 0 Å². The van der Waals surface area contributed by atoms with Gasteiger partial charge in [-0.25, -0.2) is 14.4 Å². The molecule has 4 N–H and O–H groups in total. The Hall–Kier alpha value is -2.51. The summed E-state index contributed by atoms with van der Waals surface area (Å²) in [7, 11) is 1.84. The minimum atomic E-state index is -0.142. The largest absolute Gasteiger partial charge is 0.372 e. The number of rotatable bonds is 6. The van der Waals surface area contributed by atoms with Gasteiger partial charge in [-0.2, -0.15) is 0 Å². The van der Waals surface area contributed by atoms with E-state index in [9.17, 15) is 4.39 Å². The van der Waals surface area contributed by atoms with Crippen LogP contribution in [0.25, 0.3) is 11.0 Å². The van der Waals surface area contributed by atoms with Gasteiger partial charge >= 0.3 is 0 Å². The van der Waals surface area contributed by atoms with E-state index >= 15 is 0 Å². The third-order valence-corrected chi connectivity index (χ3v) is 6.81. The average Bonchev–Trinajstić information content (AvgIpc) is 3.50. The zero-order valence-electron chi connectivity index (χ0n) is 18.9. The lowest BCUT2D eigenvalue weighted by Gasteiger charge is -2.26. The smallest absolute Gasteiger partial charge is 0.142 e. The number of hydrogen-bond acceptors (Lipinski definition) is 5. The predicted molar refractivity (Wildman–Crippen MR) is 128 cm³/mol. The van der Waals surface area contributed by atoms with Crippen molar-refractivity contribution in [3.05, 3.63) is 54.2 Å². The van der Waals surface area contributed by atoms with E-state index in [-0.39, 0.29) is 5.82 Å². The Morgan fingerprint density at radius 1 is 0.969 bits per heavy atom. The highest BCUT2D eigenvalue weighted by molar-refractivity contribution is 5.86. The van der Waals surface area contributed by atoms with Gasteiger partial charge in [-0.3, -0.25) is 10.9 Å². The molecule has 3 aromatic rings. The number of benzene rings is 1. The number of hydrogen-bond donors (Lipinski definition) is 4. The quantitative estimate of drug-likeness (QED) is 0.401. The minimum Gasteiger partial charge on any atom is -0.372 e. The van der Waals surface area contributed by atoms with Crippen molar-refractivity contribution >= 4 is 16.9 Å². The Bertz CT molecular complexity index is 950. The normalized spacial score (nSPS) is 21.3. The molecule has 0 spiro atoms. The summed E-state index contributed by atoms with van der Waals surface area (Å²) in [6.07, 6.45) is 14.0. The van der Waals surface area contributed by atoms with Crippen molar-refractivity contribution in [2.45, 2.75) is 63.3 Å². The first-order valence-corrected chi connectivity index (χ1v) is 11.9. The fourth-order valence-electron chi connectivity index (χ4n) is 5.04. The maximum atomic E-state index is 13.1. The molecule has 0 saturated heterocycles. The summed E-state index contributed by atoms with van der Waals surface area (Å²) in [6.45, 7) is 1.09. The molecule has 0 amide bonds. The number of hydrazine groups is 1. The zero-order chi connectivity index (χ0) is 22.2. The summed E-state index contributed by atoms with van der Waals surface area (Å²) in [5.74, 6) is 2.08. The molecule has 2 aliphatic rings. The number of aromatic nitrogens is 3. The molecule has 1 aromatic carbocycles. The van der Waals surface area contributed by atoms with Gasteiger partial charge in [0.2, 0.25) is 0 Å². The molecule has 0 bridgehead atoms. The van der Waals surface area contributed by atoms with Gasteiger partial charge in [0.25, 0.3) is 0 Å². The van der Waals surface area contributed by atoms with Crippen LogP contribution in [0.5, 0.6) is 0 Å². The highest BCUT2D eigenvalue weighted by Crippen LogP contribution is 2.34. The summed E-state index contributed by atoms with van der Waals surface area (Å²) < 4.78 is 13.1. The Morgan fingerprint density at radius 2 is 1.78 bits per heavy atom. The minimum absolute atomic E-state index is 0.142. The number of nitrogens with one attached hydrogen (secondary N) is 4. The van der Waals surface area contributed by atoms with E-state index in [0.29, 0.717) is 12.0 Å². The maximum Gasteiger partial charge on any atom is 0.142 e. The Labute approximate surface area is 189 Å². The van der Waals surface area contributed by atoms with Crippen LogP contribution < -0.4 is 16.2 Å². The number of H-pyrrole nitrogens is 1. The van der Waals surface area contributed by atoms with Crippen LogP contribution in [0.15, 0.2) is 42.9 Å². The molecule has 2 heterocycles. The monoisotopic (exact) mass is 438 g/mol. The van der Waals surface area contributed by atoms with Crippen molar-refractivity contribution in [1.29, 1.82) is 0 Å². The lowest BCUT2D eigenvalue weighted by molar-refractivity contribution is 0.306. The summed E-state index contributed by atoms with van der Waals surface area (Å²) in [6, 6.07) is 9.49. The highest BCUT2D eigenvalue weighted by atomic mass is 19.1. The van der Waals surface area contributed by atoms with Crippen molar-refractivity contribution in [2.24, 2.45) is 5.92 Å². The highest BCUT2D eigenvalue weighted by Gasteiger charge is 2.28. The number of anilines is 1. The van der Waals surface area contributed by atoms with Gasteiger partial charge in [0.1, 0.15) is 23.6 Å². The van der Waals surface area contributed by atoms with Crippen LogP contribution in [-0.2, 0) is 0 Å². The molecular formula is C25H35FN6. The number of fused-ring (bicyclic) bond motifs is 1. The lowest BCUT2D eigenvalue weighted by Crippen LogP contribution is -2.44. The molecule has 32 heavy (non-hydrogen) atoms. The lowest BCUT2D eigenvalue weighted by atomic mass is 9.89. The first-order chi connectivity index (χ1) is 15.7. The van der Waals surface area contributed by atoms with Crippen LogP contribution >= 0.6 is 0 Å². The third-order valence-electron chi connectivity index (χ3n) is 6.81. The van der Waals surface area contributed by atoms with Gasteiger partial charge in [-0.15, -0.1) is 0 Å². The molecule has 2 atom stereocenters. The molecule has 0 aliphatic heterocycles. The van der Waals surface area contributed by atoms with E-state index < -0.39 is 0 Å². The summed E-state index contributed by atoms with van der Waals surface area (Å²) in [4.78, 5) is 11.1. The van der Waals surface area contributed by atoms with Crippen LogP contribution in [0.4, 0.5) is 10.2 Å². The second-order valence-electron chi connectivity index (χ2n) is 8.94. The predicted octanol–water partition coefficient (Wildman–Crippen LogP) is 5.14. The van der Waals surface area contributed by atoms with E-state index in [4.69, 9.17) is 0 Å². The molecule has 172 valence electrons. The van der Waals surface area contributed by atoms with Crippen molar-refractivity contribution in [2.75, 3.05) is 18.9 Å². The van der Waals surface area contributed by atoms with E-state index in [1.165, 1.54) is 63.3 Å². The van der Waals surface area contributed by atoms with E-state index in [2.05, 4.69) is 31.1 Å². The van der Waals surface area contributed by atoms with Crippen molar-refractivity contribution in [1.82, 2.24) is 25.8 Å². The van der Waals surface area contributed by atoms with Crippen molar-refractivity contribution < 1.29 is 4.39 Å². The first kappa shape index (κ1) is 22.7. The molecular weight excluding hydrogens is 403 g/mol. The Balaban J connectivity index is 0.000000186. The Morgan fingerprint density at radius 3 is 2.56 bits per heavy atom. The topological polar surface area (TPSA) is 77.7 Å². The van der Waals surface area contributed by atoms with Crippen molar-refractivity contribution in [3.63, 3.8) is 0 Å².